The zero-order chi connectivity index (χ0) is 11.4. The predicted molar refractivity (Wildman–Crippen MR) is 69.0 cm³/mol. The van der Waals surface area contributed by atoms with Gasteiger partial charge in [-0.15, -0.1) is 9.56 Å². The fraction of sp³-hybridized carbons (Fsp3) is 1.00. The van der Waals surface area contributed by atoms with E-state index in [1.54, 1.807) is 0 Å². The maximum atomic E-state index is 8.26. The molecule has 0 radical (unpaired) electrons. The molecule has 0 aromatic heterocycles. The van der Waals surface area contributed by atoms with Crippen LogP contribution in [0.4, 0.5) is 0 Å². The van der Waals surface area contributed by atoms with E-state index in [2.05, 4.69) is 26.3 Å². The summed E-state index contributed by atoms with van der Waals surface area (Å²) in [6, 6.07) is 0. The Bertz CT molecular complexity index is 237. The molecule has 0 saturated carbocycles. The average Bonchev–Trinajstić information content (AvgIpc) is 2.27. The molecule has 0 heterocycles. The van der Waals surface area contributed by atoms with Crippen LogP contribution in [0, 0.1) is 0 Å². The van der Waals surface area contributed by atoms with Crippen molar-refractivity contribution in [2.75, 3.05) is 0 Å². The van der Waals surface area contributed by atoms with E-state index in [1.165, 1.54) is 25.7 Å². The fourth-order valence-corrected chi connectivity index (χ4v) is 4.11. The van der Waals surface area contributed by atoms with E-state index >= 15 is 0 Å². The molecular formula is C7H19KN6Si2. The molecule has 0 aromatic carbocycles. The molecule has 0 atom stereocenters. The van der Waals surface area contributed by atoms with E-state index in [-0.39, 0.29) is 52.8 Å². The minimum Gasteiger partial charge on any atom is -1.00 e. The standard InChI is InChI=1S/C7H18N6Si2.K.H/c1-2-3-4-5-6-7(14-12-10-8)15-13-11-9;;/h7H,2-6,14-15H2,1H3;;/q;+1;-1. The zero-order valence-electron chi connectivity index (χ0n) is 11.2. The molecule has 0 bridgehead atoms. The third kappa shape index (κ3) is 12.8. The average molecular weight is 283 g/mol. The number of rotatable bonds is 9. The van der Waals surface area contributed by atoms with Gasteiger partial charge < -0.3 is 1.43 Å². The molecule has 0 aliphatic rings. The monoisotopic (exact) mass is 282 g/mol. The predicted octanol–water partition coefficient (Wildman–Crippen LogP) is -0.393. The summed E-state index contributed by atoms with van der Waals surface area (Å²) in [6.45, 7) is 2.18. The molecule has 0 rings (SSSR count). The van der Waals surface area contributed by atoms with Crippen LogP contribution in [0.25, 0.3) is 20.9 Å². The molecule has 0 saturated heterocycles. The van der Waals surface area contributed by atoms with Crippen molar-refractivity contribution >= 4 is 19.4 Å². The summed E-state index contributed by atoms with van der Waals surface area (Å²) in [4.78, 5) is 5.60. The smallest absolute Gasteiger partial charge is 1.00 e. The molecule has 0 unspecified atom stereocenters. The summed E-state index contributed by atoms with van der Waals surface area (Å²) in [5, 5.41) is 0.480. The van der Waals surface area contributed by atoms with Crippen molar-refractivity contribution in [2.24, 2.45) is 9.56 Å². The Morgan fingerprint density at radius 1 is 1.12 bits per heavy atom. The normalized spacial score (nSPS) is 12.1. The van der Waals surface area contributed by atoms with Crippen molar-refractivity contribution < 1.29 is 52.8 Å². The van der Waals surface area contributed by atoms with E-state index < -0.39 is 19.4 Å². The Hall–Kier alpha value is 0.690. The first-order valence-corrected chi connectivity index (χ1v) is 8.26. The number of hydrogen-bond acceptors (Lipinski definition) is 2. The minimum absolute atomic E-state index is 0. The molecule has 86 valence electrons. The summed E-state index contributed by atoms with van der Waals surface area (Å²) in [7, 11) is -1.45. The molecule has 16 heavy (non-hydrogen) atoms. The van der Waals surface area contributed by atoms with E-state index in [0.29, 0.717) is 5.16 Å². The topological polar surface area (TPSA) is 97.5 Å². The molecule has 0 fully saturated rings. The number of nitrogens with zero attached hydrogens (tertiary/aromatic N) is 6. The van der Waals surface area contributed by atoms with Crippen LogP contribution in [-0.2, 0) is 0 Å². The second-order valence-corrected chi connectivity index (χ2v) is 8.30. The van der Waals surface area contributed by atoms with Crippen molar-refractivity contribution in [1.29, 1.82) is 0 Å². The molecule has 0 aliphatic heterocycles. The van der Waals surface area contributed by atoms with Gasteiger partial charge in [-0.1, -0.05) is 44.2 Å². The van der Waals surface area contributed by atoms with Crippen molar-refractivity contribution in [2.45, 2.75) is 44.2 Å². The van der Waals surface area contributed by atoms with Gasteiger partial charge in [-0.2, -0.15) is 0 Å². The van der Waals surface area contributed by atoms with Gasteiger partial charge in [0.2, 0.25) is 0 Å². The van der Waals surface area contributed by atoms with Crippen molar-refractivity contribution in [1.82, 2.24) is 0 Å². The zero-order valence-corrected chi connectivity index (χ0v) is 16.2. The molecular weight excluding hydrogens is 263 g/mol. The summed E-state index contributed by atoms with van der Waals surface area (Å²) >= 11 is 0. The van der Waals surface area contributed by atoms with Gasteiger partial charge in [-0.3, -0.25) is 0 Å². The number of hydrogen-bond donors (Lipinski definition) is 0. The number of unbranched alkanes of at least 4 members (excludes halogenated alkanes) is 3. The minimum atomic E-state index is -0.724. The summed E-state index contributed by atoms with van der Waals surface area (Å²) in [5.41, 5.74) is 16.5. The maximum Gasteiger partial charge on any atom is 1.00 e. The second kappa shape index (κ2) is 15.7. The Morgan fingerprint density at radius 2 is 1.69 bits per heavy atom. The van der Waals surface area contributed by atoms with Gasteiger partial charge in [0, 0.05) is 0 Å². The Kier molecular flexibility index (Phi) is 18.7. The first-order valence-electron chi connectivity index (χ1n) is 5.36. The van der Waals surface area contributed by atoms with Gasteiger partial charge >= 0.3 is 51.4 Å². The summed E-state index contributed by atoms with van der Waals surface area (Å²) < 4.78 is 7.39. The van der Waals surface area contributed by atoms with E-state index in [4.69, 9.17) is 11.1 Å². The van der Waals surface area contributed by atoms with Crippen LogP contribution < -0.4 is 51.4 Å². The van der Waals surface area contributed by atoms with Crippen molar-refractivity contribution in [3.05, 3.63) is 20.9 Å². The molecule has 6 nitrogen and oxygen atoms in total. The van der Waals surface area contributed by atoms with Crippen LogP contribution in [-0.4, -0.2) is 19.4 Å². The quantitative estimate of drug-likeness (QED) is 0.181. The largest absolute Gasteiger partial charge is 1.00 e. The summed E-state index contributed by atoms with van der Waals surface area (Å²) in [5.74, 6) is 0. The van der Waals surface area contributed by atoms with Crippen LogP contribution in [0.2, 0.25) is 5.16 Å². The molecule has 0 amide bonds. The van der Waals surface area contributed by atoms with Gasteiger partial charge in [0.05, 0.1) is 0 Å². The molecule has 0 aromatic rings. The Labute approximate surface area is 145 Å². The molecule has 9 heteroatoms. The summed E-state index contributed by atoms with van der Waals surface area (Å²) in [6.07, 6.45) is 6.00. The first-order chi connectivity index (χ1) is 7.35. The van der Waals surface area contributed by atoms with E-state index in [9.17, 15) is 0 Å². The van der Waals surface area contributed by atoms with Crippen LogP contribution >= 0.6 is 0 Å². The molecule has 0 spiro atoms. The maximum absolute atomic E-state index is 8.26. The van der Waals surface area contributed by atoms with Gasteiger partial charge in [-0.25, -0.2) is 0 Å². The van der Waals surface area contributed by atoms with Gasteiger partial charge in [-0.05, 0) is 20.9 Å². The van der Waals surface area contributed by atoms with Gasteiger partial charge in [0.1, 0.15) is 19.4 Å². The Balaban J connectivity index is -0.000000980. The van der Waals surface area contributed by atoms with Crippen LogP contribution in [0.1, 0.15) is 40.5 Å². The second-order valence-electron chi connectivity index (χ2n) is 3.54. The van der Waals surface area contributed by atoms with E-state index in [0.717, 1.165) is 6.42 Å². The number of azide groups is 2. The first kappa shape index (κ1) is 19.0. The van der Waals surface area contributed by atoms with Crippen molar-refractivity contribution in [3.63, 3.8) is 0 Å². The fourth-order valence-electron chi connectivity index (χ4n) is 1.40. The third-order valence-corrected chi connectivity index (χ3v) is 6.25. The molecule has 0 N–H and O–H groups in total. The SMILES string of the molecule is CCCCCCC([SiH2]N=[N+]=[N-])[SiH2]N=[N+]=[N-].[H-].[K+]. The van der Waals surface area contributed by atoms with E-state index in [1.807, 2.05) is 0 Å². The van der Waals surface area contributed by atoms with Crippen LogP contribution in [0.5, 0.6) is 0 Å². The van der Waals surface area contributed by atoms with Gasteiger partial charge in [0.15, 0.2) is 0 Å². The Morgan fingerprint density at radius 3 is 2.12 bits per heavy atom. The van der Waals surface area contributed by atoms with Crippen LogP contribution in [0.3, 0.4) is 0 Å². The van der Waals surface area contributed by atoms with Gasteiger partial charge in [0.25, 0.3) is 0 Å². The third-order valence-electron chi connectivity index (χ3n) is 2.27. The van der Waals surface area contributed by atoms with Crippen molar-refractivity contribution in [3.8, 4) is 0 Å². The van der Waals surface area contributed by atoms with Crippen LogP contribution in [0.15, 0.2) is 9.56 Å². The molecule has 0 aliphatic carbocycles.